The fraction of sp³-hybridized carbons (Fsp3) is 0.286. The van der Waals surface area contributed by atoms with Gasteiger partial charge >= 0.3 is 26.2 Å². The predicted octanol–water partition coefficient (Wildman–Crippen LogP) is 3.89. The van der Waals surface area contributed by atoms with Gasteiger partial charge in [0.25, 0.3) is 0 Å². The van der Waals surface area contributed by atoms with E-state index in [1.165, 1.54) is 19.3 Å². The zero-order chi connectivity index (χ0) is 9.64. The van der Waals surface area contributed by atoms with Crippen molar-refractivity contribution in [1.82, 2.24) is 0 Å². The third-order valence-electron chi connectivity index (χ3n) is 2.77. The second kappa shape index (κ2) is 6.96. The van der Waals surface area contributed by atoms with Gasteiger partial charge in [-0.15, -0.1) is 18.6 Å². The molecule has 0 amide bonds. The number of fused-ring (bicyclic) bond motifs is 1. The Bertz CT molecular complexity index is 289. The third-order valence-corrected chi connectivity index (χ3v) is 2.77. The number of hydrogen-bond acceptors (Lipinski definition) is 0. The molecule has 2 aliphatic carbocycles. The molecule has 0 bridgehead atoms. The van der Waals surface area contributed by atoms with Crippen molar-refractivity contribution in [1.29, 1.82) is 0 Å². The first-order valence-corrected chi connectivity index (χ1v) is 5.33. The van der Waals surface area contributed by atoms with E-state index in [9.17, 15) is 0 Å². The molecule has 2 aliphatic rings. The summed E-state index contributed by atoms with van der Waals surface area (Å²) in [7, 11) is 0. The van der Waals surface area contributed by atoms with Crippen LogP contribution in [-0.2, 0) is 26.2 Å². The van der Waals surface area contributed by atoms with E-state index < -0.39 is 0 Å². The van der Waals surface area contributed by atoms with Gasteiger partial charge < -0.3 is 0 Å². The zero-order valence-electron chi connectivity index (χ0n) is 8.89. The molecule has 0 aliphatic heterocycles. The molecule has 0 radical (unpaired) electrons. The summed E-state index contributed by atoms with van der Waals surface area (Å²) in [5.74, 6) is 0.884. The van der Waals surface area contributed by atoms with E-state index in [4.69, 9.17) is 0 Å². The summed E-state index contributed by atoms with van der Waals surface area (Å²) >= 11 is 0. The van der Waals surface area contributed by atoms with Gasteiger partial charge in [-0.1, -0.05) is 6.42 Å². The Hall–Kier alpha value is -0.417. The molecule has 1 unspecified atom stereocenters. The van der Waals surface area contributed by atoms with Gasteiger partial charge in [-0.25, -0.2) is 30.2 Å². The maximum atomic E-state index is 2.37. The van der Waals surface area contributed by atoms with Crippen LogP contribution < -0.4 is 0 Å². The van der Waals surface area contributed by atoms with Gasteiger partial charge in [0.15, 0.2) is 0 Å². The fourth-order valence-corrected chi connectivity index (χ4v) is 1.99. The Morgan fingerprint density at radius 2 is 2.00 bits per heavy atom. The summed E-state index contributed by atoms with van der Waals surface area (Å²) in [5.41, 5.74) is 1.58. The molecule has 0 aromatic heterocycles. The van der Waals surface area contributed by atoms with Crippen molar-refractivity contribution < 1.29 is 26.2 Å². The Kier molecular flexibility index (Phi) is 5.87. The zero-order valence-corrected chi connectivity index (χ0v) is 11.4. The van der Waals surface area contributed by atoms with Gasteiger partial charge in [0.05, 0.1) is 0 Å². The molecule has 0 saturated heterocycles. The van der Waals surface area contributed by atoms with E-state index in [-0.39, 0.29) is 26.2 Å². The maximum absolute atomic E-state index is 2.37. The first-order valence-electron chi connectivity index (χ1n) is 5.33. The molecule has 1 aromatic carbocycles. The van der Waals surface area contributed by atoms with Crippen LogP contribution in [0.1, 0.15) is 19.3 Å². The van der Waals surface area contributed by atoms with E-state index >= 15 is 0 Å². The molecule has 0 spiro atoms. The average molecular weight is 276 g/mol. The van der Waals surface area contributed by atoms with Crippen molar-refractivity contribution in [3.63, 3.8) is 0 Å². The van der Waals surface area contributed by atoms with E-state index in [0.717, 1.165) is 5.92 Å². The van der Waals surface area contributed by atoms with E-state index in [0.29, 0.717) is 0 Å². The summed E-state index contributed by atoms with van der Waals surface area (Å²) in [5, 5.41) is 0. The fourth-order valence-electron chi connectivity index (χ4n) is 1.99. The molecular weight excluding hydrogens is 259 g/mol. The smallest absolute Gasteiger partial charge is 0.227 e. The van der Waals surface area contributed by atoms with Crippen LogP contribution in [0.3, 0.4) is 0 Å². The molecule has 0 heterocycles. The Morgan fingerprint density at radius 3 is 2.60 bits per heavy atom. The van der Waals surface area contributed by atoms with Crippen molar-refractivity contribution in [3.05, 3.63) is 60.6 Å². The average Bonchev–Trinajstić information content (AvgIpc) is 2.92. The molecule has 15 heavy (non-hydrogen) atoms. The molecule has 1 saturated carbocycles. The van der Waals surface area contributed by atoms with E-state index in [1.54, 1.807) is 5.57 Å². The molecule has 0 N–H and O–H groups in total. The normalized spacial score (nSPS) is 21.3. The number of rotatable bonds is 0. The molecule has 1 heteroatoms. The summed E-state index contributed by atoms with van der Waals surface area (Å²) in [6.45, 7) is 0. The van der Waals surface area contributed by atoms with Crippen LogP contribution in [0.2, 0.25) is 0 Å². The molecule has 3 rings (SSSR count). The second-order valence-electron chi connectivity index (χ2n) is 3.77. The molecule has 76 valence electrons. The standard InChI is InChI=1S/C9H11.C5H5.Zr/c1-2-5-9-7-3-6-8(9)4-1;1-2-4-5-3-1;/h1-2,4,6,9H,3,5,7H2;1-5H;/q2*-1;+2. The Morgan fingerprint density at radius 1 is 1.20 bits per heavy atom. The van der Waals surface area contributed by atoms with Gasteiger partial charge in [-0.2, -0.15) is 18.2 Å². The second-order valence-corrected chi connectivity index (χ2v) is 3.77. The third kappa shape index (κ3) is 3.91. The predicted molar refractivity (Wildman–Crippen MR) is 60.9 cm³/mol. The van der Waals surface area contributed by atoms with Crippen LogP contribution in [0.4, 0.5) is 0 Å². The molecule has 0 nitrogen and oxygen atoms in total. The maximum Gasteiger partial charge on any atom is 2.00 e. The SMILES string of the molecule is C1=CCC2CC[CH-]C2=C1.[Zr+2].c1cc[cH-]c1. The number of allylic oxidation sites excluding steroid dienone is 4. The Balaban J connectivity index is 0.000000162. The van der Waals surface area contributed by atoms with Crippen LogP contribution >= 0.6 is 0 Å². The molecule has 1 atom stereocenters. The monoisotopic (exact) mass is 274 g/mol. The summed E-state index contributed by atoms with van der Waals surface area (Å²) in [6, 6.07) is 10.0. The van der Waals surface area contributed by atoms with Crippen LogP contribution in [0.25, 0.3) is 0 Å². The summed E-state index contributed by atoms with van der Waals surface area (Å²) in [6.07, 6.45) is 13.0. The first kappa shape index (κ1) is 12.7. The van der Waals surface area contributed by atoms with Gasteiger partial charge in [0, 0.05) is 0 Å². The minimum absolute atomic E-state index is 0. The first-order chi connectivity index (χ1) is 6.97. The van der Waals surface area contributed by atoms with Crippen molar-refractivity contribution in [3.8, 4) is 0 Å². The van der Waals surface area contributed by atoms with Crippen LogP contribution in [0.5, 0.6) is 0 Å². The van der Waals surface area contributed by atoms with Gasteiger partial charge in [0.2, 0.25) is 0 Å². The van der Waals surface area contributed by atoms with Crippen molar-refractivity contribution in [2.75, 3.05) is 0 Å². The Labute approximate surface area is 112 Å². The topological polar surface area (TPSA) is 0 Å². The molecule has 1 fully saturated rings. The molecule has 1 aromatic rings. The summed E-state index contributed by atoms with van der Waals surface area (Å²) in [4.78, 5) is 0. The van der Waals surface area contributed by atoms with Gasteiger partial charge in [0.1, 0.15) is 0 Å². The van der Waals surface area contributed by atoms with Crippen molar-refractivity contribution >= 4 is 0 Å². The van der Waals surface area contributed by atoms with E-state index in [2.05, 4.69) is 24.6 Å². The van der Waals surface area contributed by atoms with E-state index in [1.807, 2.05) is 30.3 Å². The van der Waals surface area contributed by atoms with Crippen molar-refractivity contribution in [2.45, 2.75) is 19.3 Å². The quantitative estimate of drug-likeness (QED) is 0.630. The van der Waals surface area contributed by atoms with Gasteiger partial charge in [-0.05, 0) is 12.3 Å². The van der Waals surface area contributed by atoms with Crippen LogP contribution in [0.15, 0.2) is 54.1 Å². The number of hydrogen-bond donors (Lipinski definition) is 0. The van der Waals surface area contributed by atoms with Crippen LogP contribution in [0, 0.1) is 12.3 Å². The van der Waals surface area contributed by atoms with Gasteiger partial charge in [-0.3, -0.25) is 0 Å². The van der Waals surface area contributed by atoms with Crippen LogP contribution in [-0.4, -0.2) is 0 Å². The minimum atomic E-state index is 0. The van der Waals surface area contributed by atoms with Crippen molar-refractivity contribution in [2.24, 2.45) is 5.92 Å². The minimum Gasteiger partial charge on any atom is -0.227 e. The molecular formula is C14H16Zr. The largest absolute Gasteiger partial charge is 2.00 e. The summed E-state index contributed by atoms with van der Waals surface area (Å²) < 4.78 is 0.